The van der Waals surface area contributed by atoms with E-state index in [1.54, 1.807) is 0 Å². The molecule has 0 bridgehead atoms. The highest BCUT2D eigenvalue weighted by Gasteiger charge is 2.59. The third-order valence-electron chi connectivity index (χ3n) is 6.61. The van der Waals surface area contributed by atoms with Crippen molar-refractivity contribution < 1.29 is 9.53 Å². The van der Waals surface area contributed by atoms with Crippen LogP contribution in [0.15, 0.2) is 23.8 Å². The van der Waals surface area contributed by atoms with Gasteiger partial charge < -0.3 is 4.74 Å². The smallest absolute Gasteiger partial charge is 0.139 e. The van der Waals surface area contributed by atoms with Crippen LogP contribution in [-0.2, 0) is 9.53 Å². The van der Waals surface area contributed by atoms with Crippen molar-refractivity contribution in [3.05, 3.63) is 23.8 Å². The molecule has 2 aliphatic carbocycles. The van der Waals surface area contributed by atoms with E-state index in [9.17, 15) is 4.79 Å². The maximum Gasteiger partial charge on any atom is 0.139 e. The molecule has 3 aliphatic rings. The van der Waals surface area contributed by atoms with E-state index < -0.39 is 0 Å². The average molecular weight is 302 g/mol. The van der Waals surface area contributed by atoms with Gasteiger partial charge in [-0.15, -0.1) is 0 Å². The Bertz CT molecular complexity index is 532. The van der Waals surface area contributed by atoms with Gasteiger partial charge in [-0.1, -0.05) is 30.7 Å². The number of rotatable bonds is 1. The standard InChI is InChI=1S/C20H30O2/c1-13(2)15-11-17(21)19(4)12-18-20(5,22-18)10-6-7-14(3)8-9-16(15)19/h7,15-16,18H,1,6,8-12H2,2-5H3/b14-7+/t15-,16-,18+,19+,20+/m1/s1. The van der Waals surface area contributed by atoms with Gasteiger partial charge >= 0.3 is 0 Å². The number of carbonyl (C=O) groups is 1. The molecule has 1 saturated carbocycles. The molecular weight excluding hydrogens is 272 g/mol. The third kappa shape index (κ3) is 2.60. The van der Waals surface area contributed by atoms with E-state index in [2.05, 4.69) is 40.3 Å². The largest absolute Gasteiger partial charge is 0.366 e. The van der Waals surface area contributed by atoms with Gasteiger partial charge in [0, 0.05) is 11.8 Å². The first-order valence-corrected chi connectivity index (χ1v) is 8.78. The lowest BCUT2D eigenvalue weighted by Crippen LogP contribution is -2.33. The molecule has 0 amide bonds. The summed E-state index contributed by atoms with van der Waals surface area (Å²) in [7, 11) is 0. The SMILES string of the molecule is C=C(C)[C@H]1CC(=O)[C@@]2(C)C[C@@H]3O[C@@]3(C)CC/C=C(\C)CC[C@H]12. The summed E-state index contributed by atoms with van der Waals surface area (Å²) in [6.45, 7) is 12.9. The Morgan fingerprint density at radius 3 is 2.82 bits per heavy atom. The van der Waals surface area contributed by atoms with E-state index in [1.807, 2.05) is 0 Å². The fraction of sp³-hybridized carbons (Fsp3) is 0.750. The van der Waals surface area contributed by atoms with Crippen molar-refractivity contribution in [2.75, 3.05) is 0 Å². The van der Waals surface area contributed by atoms with E-state index in [0.717, 1.165) is 32.1 Å². The summed E-state index contributed by atoms with van der Waals surface area (Å²) >= 11 is 0. The van der Waals surface area contributed by atoms with E-state index in [1.165, 1.54) is 11.1 Å². The number of Topliss-reactive ketones (excluding diaryl/α,β-unsaturated/α-hetero) is 1. The first-order chi connectivity index (χ1) is 10.3. The Kier molecular flexibility index (Phi) is 3.87. The van der Waals surface area contributed by atoms with Crippen LogP contribution in [0.1, 0.15) is 66.2 Å². The van der Waals surface area contributed by atoms with Crippen molar-refractivity contribution in [1.29, 1.82) is 0 Å². The van der Waals surface area contributed by atoms with Crippen LogP contribution in [0.3, 0.4) is 0 Å². The van der Waals surface area contributed by atoms with Crippen LogP contribution < -0.4 is 0 Å². The molecule has 2 heteroatoms. The number of hydrogen-bond donors (Lipinski definition) is 0. The maximum absolute atomic E-state index is 12.8. The highest BCUT2D eigenvalue weighted by atomic mass is 16.6. The van der Waals surface area contributed by atoms with E-state index >= 15 is 0 Å². The fourth-order valence-electron chi connectivity index (χ4n) is 4.77. The highest BCUT2D eigenvalue weighted by molar-refractivity contribution is 5.88. The molecule has 1 heterocycles. The molecule has 0 spiro atoms. The molecular formula is C20H30O2. The molecule has 0 aromatic carbocycles. The van der Waals surface area contributed by atoms with Gasteiger partial charge in [0.15, 0.2) is 0 Å². The van der Waals surface area contributed by atoms with Crippen molar-refractivity contribution in [2.24, 2.45) is 17.3 Å². The molecule has 122 valence electrons. The van der Waals surface area contributed by atoms with Crippen molar-refractivity contribution in [3.63, 3.8) is 0 Å². The predicted molar refractivity (Wildman–Crippen MR) is 89.6 cm³/mol. The van der Waals surface area contributed by atoms with Crippen molar-refractivity contribution in [3.8, 4) is 0 Å². The molecule has 0 N–H and O–H groups in total. The highest BCUT2D eigenvalue weighted by Crippen LogP contribution is 2.56. The van der Waals surface area contributed by atoms with E-state index in [4.69, 9.17) is 4.74 Å². The summed E-state index contributed by atoms with van der Waals surface area (Å²) in [5.41, 5.74) is 2.41. The molecule has 1 saturated heterocycles. The Morgan fingerprint density at radius 1 is 1.41 bits per heavy atom. The fourth-order valence-corrected chi connectivity index (χ4v) is 4.77. The molecule has 0 radical (unpaired) electrons. The lowest BCUT2D eigenvalue weighted by Gasteiger charge is -2.33. The summed E-state index contributed by atoms with van der Waals surface area (Å²) in [5, 5.41) is 0. The number of hydrogen-bond acceptors (Lipinski definition) is 2. The van der Waals surface area contributed by atoms with E-state index in [-0.39, 0.29) is 17.1 Å². The maximum atomic E-state index is 12.8. The summed E-state index contributed by atoms with van der Waals surface area (Å²) in [5.74, 6) is 1.22. The zero-order valence-corrected chi connectivity index (χ0v) is 14.6. The Hall–Kier alpha value is -0.890. The molecule has 0 unspecified atom stereocenters. The van der Waals surface area contributed by atoms with Gasteiger partial charge in [-0.2, -0.15) is 0 Å². The van der Waals surface area contributed by atoms with E-state index in [0.29, 0.717) is 24.0 Å². The summed E-state index contributed by atoms with van der Waals surface area (Å²) in [4.78, 5) is 12.8. The van der Waals surface area contributed by atoms with Crippen molar-refractivity contribution >= 4 is 5.78 Å². The molecule has 0 aromatic rings. The number of ether oxygens (including phenoxy) is 1. The number of allylic oxidation sites excluding steroid dienone is 3. The first kappa shape index (κ1) is 16.0. The topological polar surface area (TPSA) is 29.6 Å². The van der Waals surface area contributed by atoms with Gasteiger partial charge in [0.1, 0.15) is 5.78 Å². The summed E-state index contributed by atoms with van der Waals surface area (Å²) < 4.78 is 6.03. The Balaban J connectivity index is 1.92. The van der Waals surface area contributed by atoms with Crippen molar-refractivity contribution in [1.82, 2.24) is 0 Å². The van der Waals surface area contributed by atoms with Crippen LogP contribution >= 0.6 is 0 Å². The van der Waals surface area contributed by atoms with Crippen molar-refractivity contribution in [2.45, 2.75) is 77.9 Å². The third-order valence-corrected chi connectivity index (χ3v) is 6.61. The van der Waals surface area contributed by atoms with Crippen LogP contribution in [0, 0.1) is 17.3 Å². The van der Waals surface area contributed by atoms with Crippen LogP contribution in [0.25, 0.3) is 0 Å². The van der Waals surface area contributed by atoms with Crippen LogP contribution in [-0.4, -0.2) is 17.5 Å². The Labute approximate surface area is 135 Å². The normalized spacial score (nSPS) is 47.7. The lowest BCUT2D eigenvalue weighted by molar-refractivity contribution is -0.127. The number of epoxide rings is 1. The molecule has 5 atom stereocenters. The Morgan fingerprint density at radius 2 is 2.14 bits per heavy atom. The minimum atomic E-state index is -0.226. The molecule has 0 aromatic heterocycles. The van der Waals surface area contributed by atoms with Crippen LogP contribution in [0.5, 0.6) is 0 Å². The van der Waals surface area contributed by atoms with Crippen LogP contribution in [0.2, 0.25) is 0 Å². The van der Waals surface area contributed by atoms with Gasteiger partial charge in [0.05, 0.1) is 11.7 Å². The van der Waals surface area contributed by atoms with Gasteiger partial charge in [-0.3, -0.25) is 4.79 Å². The second-order valence-electron chi connectivity index (χ2n) is 8.36. The minimum absolute atomic E-state index is 0.00370. The van der Waals surface area contributed by atoms with Gasteiger partial charge in [0.25, 0.3) is 0 Å². The predicted octanol–water partition coefficient (Wildman–Crippen LogP) is 4.84. The molecule has 2 fully saturated rings. The lowest BCUT2D eigenvalue weighted by atomic mass is 9.69. The van der Waals surface area contributed by atoms with Gasteiger partial charge in [0.2, 0.25) is 0 Å². The first-order valence-electron chi connectivity index (χ1n) is 8.78. The molecule has 3 rings (SSSR count). The summed E-state index contributed by atoms with van der Waals surface area (Å²) in [6.07, 6.45) is 8.61. The van der Waals surface area contributed by atoms with Crippen LogP contribution in [0.4, 0.5) is 0 Å². The number of carbonyl (C=O) groups excluding carboxylic acids is 1. The zero-order valence-electron chi connectivity index (χ0n) is 14.6. The second-order valence-corrected chi connectivity index (χ2v) is 8.36. The minimum Gasteiger partial charge on any atom is -0.366 e. The monoisotopic (exact) mass is 302 g/mol. The summed E-state index contributed by atoms with van der Waals surface area (Å²) in [6, 6.07) is 0. The van der Waals surface area contributed by atoms with Gasteiger partial charge in [-0.25, -0.2) is 0 Å². The average Bonchev–Trinajstić information content (AvgIpc) is 2.97. The zero-order chi connectivity index (χ0) is 16.1. The van der Waals surface area contributed by atoms with Gasteiger partial charge in [-0.05, 0) is 64.7 Å². The second kappa shape index (κ2) is 5.33. The number of fused-ring (bicyclic) bond motifs is 2. The molecule has 22 heavy (non-hydrogen) atoms. The molecule has 1 aliphatic heterocycles. The number of ketones is 1. The quantitative estimate of drug-likeness (QED) is 0.512. The molecule has 2 nitrogen and oxygen atoms in total.